The van der Waals surface area contributed by atoms with E-state index in [1.807, 2.05) is 4.72 Å². The van der Waals surface area contributed by atoms with Crippen molar-refractivity contribution in [3.63, 3.8) is 0 Å². The zero-order valence-corrected chi connectivity index (χ0v) is 19.2. The summed E-state index contributed by atoms with van der Waals surface area (Å²) in [7, 11) is -8.52. The van der Waals surface area contributed by atoms with Crippen molar-refractivity contribution in [2.24, 2.45) is 5.92 Å². The molecule has 14 heteroatoms. The summed E-state index contributed by atoms with van der Waals surface area (Å²) in [5, 5.41) is 11.2. The van der Waals surface area contributed by atoms with E-state index in [0.717, 1.165) is 18.3 Å². The summed E-state index contributed by atoms with van der Waals surface area (Å²) in [4.78, 5) is 15.1. The van der Waals surface area contributed by atoms with Crippen molar-refractivity contribution in [3.05, 3.63) is 29.6 Å². The molecule has 1 amide bonds. The Bertz CT molecular complexity index is 1260. The number of aromatic nitrogens is 3. The molecule has 1 unspecified atom stereocenters. The van der Waals surface area contributed by atoms with Crippen molar-refractivity contribution in [3.8, 4) is 11.9 Å². The summed E-state index contributed by atoms with van der Waals surface area (Å²) >= 11 is 0. The Labute approximate surface area is 184 Å². The molecule has 0 aliphatic rings. The Morgan fingerprint density at radius 2 is 1.84 bits per heavy atom. The van der Waals surface area contributed by atoms with E-state index in [1.165, 1.54) is 26.8 Å². The van der Waals surface area contributed by atoms with Crippen LogP contribution in [-0.4, -0.2) is 42.8 Å². The molecule has 10 nitrogen and oxygen atoms in total. The number of carbonyl (C=O) groups excluding carboxylic acids is 1. The number of carbonyl (C=O) groups is 1. The van der Waals surface area contributed by atoms with Crippen LogP contribution in [0.2, 0.25) is 0 Å². The Morgan fingerprint density at radius 1 is 1.22 bits per heavy atom. The molecule has 2 aromatic rings. The summed E-state index contributed by atoms with van der Waals surface area (Å²) in [6.07, 6.45) is -2.27. The molecule has 0 saturated carbocycles. The average molecular weight is 490 g/mol. The number of amides is 1. The van der Waals surface area contributed by atoms with E-state index in [1.54, 1.807) is 6.92 Å². The molecule has 1 atom stereocenters. The van der Waals surface area contributed by atoms with Crippen molar-refractivity contribution >= 4 is 25.8 Å². The molecule has 0 radical (unpaired) electrons. The van der Waals surface area contributed by atoms with Crippen molar-refractivity contribution in [1.29, 1.82) is 5.26 Å². The summed E-state index contributed by atoms with van der Waals surface area (Å²) in [5.41, 5.74) is -1.83. The molecule has 174 valence electrons. The first-order valence-electron chi connectivity index (χ1n) is 9.36. The van der Waals surface area contributed by atoms with E-state index in [9.17, 15) is 35.7 Å². The molecule has 0 aliphatic carbocycles. The van der Waals surface area contributed by atoms with Crippen LogP contribution in [0, 0.1) is 17.2 Å². The SMILES string of the molecule is CCC(C)S(=O)(=O)c1c(C#N)c(C(F)F)nn1-c1ccc(S(=O)(=O)NC(=O)C(C)C)cn1. The summed E-state index contributed by atoms with van der Waals surface area (Å²) in [6, 6.07) is 3.52. The number of sulfonamides is 1. The standard InChI is InChI=1S/C18H21F2N5O5S2/c1-5-11(4)31(27,28)18-13(8-21)15(16(19)20)23-25(18)14-7-6-12(9-22-14)32(29,30)24-17(26)10(2)3/h6-7,9-11,16H,5H2,1-4H3,(H,24,26). The lowest BCUT2D eigenvalue weighted by Gasteiger charge is -2.13. The second-order valence-electron chi connectivity index (χ2n) is 7.13. The normalized spacial score (nSPS) is 13.2. The van der Waals surface area contributed by atoms with Gasteiger partial charge in [0.2, 0.25) is 5.91 Å². The van der Waals surface area contributed by atoms with E-state index in [2.05, 4.69) is 10.1 Å². The number of nitrogens with one attached hydrogen (secondary N) is 1. The number of nitriles is 1. The number of hydrogen-bond donors (Lipinski definition) is 1. The van der Waals surface area contributed by atoms with Gasteiger partial charge in [-0.05, 0) is 25.5 Å². The van der Waals surface area contributed by atoms with Crippen LogP contribution < -0.4 is 4.72 Å². The predicted molar refractivity (Wildman–Crippen MR) is 108 cm³/mol. The van der Waals surface area contributed by atoms with Crippen LogP contribution in [0.15, 0.2) is 28.3 Å². The van der Waals surface area contributed by atoms with Crippen LogP contribution >= 0.6 is 0 Å². The van der Waals surface area contributed by atoms with Gasteiger partial charge in [0, 0.05) is 12.1 Å². The highest BCUT2D eigenvalue weighted by molar-refractivity contribution is 7.92. The molecule has 0 spiro atoms. The smallest absolute Gasteiger partial charge is 0.274 e. The van der Waals surface area contributed by atoms with Crippen molar-refractivity contribution in [2.45, 2.75) is 55.7 Å². The van der Waals surface area contributed by atoms with E-state index >= 15 is 0 Å². The number of alkyl halides is 2. The van der Waals surface area contributed by atoms with Crippen LogP contribution in [0.4, 0.5) is 8.78 Å². The molecule has 0 saturated heterocycles. The maximum atomic E-state index is 13.4. The van der Waals surface area contributed by atoms with Crippen molar-refractivity contribution < 1.29 is 30.4 Å². The van der Waals surface area contributed by atoms with Gasteiger partial charge in [0.1, 0.15) is 22.2 Å². The summed E-state index contributed by atoms with van der Waals surface area (Å²) in [5.74, 6) is -1.65. The third kappa shape index (κ3) is 4.78. The van der Waals surface area contributed by atoms with Crippen molar-refractivity contribution in [1.82, 2.24) is 19.5 Å². The molecular weight excluding hydrogens is 468 g/mol. The second-order valence-corrected chi connectivity index (χ2v) is 11.1. The number of nitrogens with zero attached hydrogens (tertiary/aromatic N) is 4. The Kier molecular flexibility index (Phi) is 7.36. The van der Waals surface area contributed by atoms with Crippen LogP contribution in [0.5, 0.6) is 0 Å². The van der Waals surface area contributed by atoms with E-state index in [-0.39, 0.29) is 12.2 Å². The monoisotopic (exact) mass is 489 g/mol. The number of hydrogen-bond acceptors (Lipinski definition) is 8. The van der Waals surface area contributed by atoms with Gasteiger partial charge in [-0.1, -0.05) is 20.8 Å². The third-order valence-corrected chi connectivity index (χ3v) is 8.21. The Morgan fingerprint density at radius 3 is 2.28 bits per heavy atom. The average Bonchev–Trinajstić information content (AvgIpc) is 3.13. The first-order chi connectivity index (χ1) is 14.8. The molecule has 2 rings (SSSR count). The van der Waals surface area contributed by atoms with Gasteiger partial charge in [-0.2, -0.15) is 10.4 Å². The molecular formula is C18H21F2N5O5S2. The topological polar surface area (TPSA) is 152 Å². The fourth-order valence-electron chi connectivity index (χ4n) is 2.47. The Hall–Kier alpha value is -2.92. The highest BCUT2D eigenvalue weighted by Crippen LogP contribution is 2.31. The molecule has 0 fully saturated rings. The highest BCUT2D eigenvalue weighted by atomic mass is 32.2. The van der Waals surface area contributed by atoms with Gasteiger partial charge < -0.3 is 0 Å². The van der Waals surface area contributed by atoms with Gasteiger partial charge in [-0.25, -0.2) is 40.0 Å². The molecule has 2 heterocycles. The van der Waals surface area contributed by atoms with Gasteiger partial charge in [0.25, 0.3) is 16.4 Å². The lowest BCUT2D eigenvalue weighted by atomic mass is 10.2. The quantitative estimate of drug-likeness (QED) is 0.592. The number of sulfone groups is 1. The molecule has 1 N–H and O–H groups in total. The molecule has 0 aromatic carbocycles. The first kappa shape index (κ1) is 25.3. The zero-order chi connectivity index (χ0) is 24.4. The largest absolute Gasteiger partial charge is 0.283 e. The third-order valence-electron chi connectivity index (χ3n) is 4.57. The number of rotatable bonds is 8. The molecule has 0 aliphatic heterocycles. The van der Waals surface area contributed by atoms with Crippen LogP contribution in [-0.2, 0) is 24.7 Å². The van der Waals surface area contributed by atoms with Gasteiger partial charge in [-0.3, -0.25) is 4.79 Å². The highest BCUT2D eigenvalue weighted by Gasteiger charge is 2.35. The van der Waals surface area contributed by atoms with Gasteiger partial charge in [-0.15, -0.1) is 0 Å². The predicted octanol–water partition coefficient (Wildman–Crippen LogP) is 2.11. The minimum atomic E-state index is -4.26. The van der Waals surface area contributed by atoms with E-state index < -0.39 is 64.5 Å². The Balaban J connectivity index is 2.66. The van der Waals surface area contributed by atoms with E-state index in [0.29, 0.717) is 4.68 Å². The number of halogens is 2. The maximum absolute atomic E-state index is 13.4. The minimum absolute atomic E-state index is 0.141. The maximum Gasteiger partial charge on any atom is 0.283 e. The van der Waals surface area contributed by atoms with E-state index in [4.69, 9.17) is 0 Å². The minimum Gasteiger partial charge on any atom is -0.274 e. The van der Waals surface area contributed by atoms with Gasteiger partial charge >= 0.3 is 0 Å². The fourth-order valence-corrected chi connectivity index (χ4v) is 5.16. The zero-order valence-electron chi connectivity index (χ0n) is 17.6. The lowest BCUT2D eigenvalue weighted by Crippen LogP contribution is -2.33. The molecule has 0 bridgehead atoms. The van der Waals surface area contributed by atoms with Crippen LogP contribution in [0.1, 0.15) is 51.8 Å². The van der Waals surface area contributed by atoms with Crippen molar-refractivity contribution in [2.75, 3.05) is 0 Å². The lowest BCUT2D eigenvalue weighted by molar-refractivity contribution is -0.122. The van der Waals surface area contributed by atoms with Crippen LogP contribution in [0.3, 0.4) is 0 Å². The number of pyridine rings is 1. The molecule has 32 heavy (non-hydrogen) atoms. The molecule has 2 aromatic heterocycles. The van der Waals surface area contributed by atoms with Gasteiger partial charge in [0.05, 0.1) is 5.25 Å². The van der Waals surface area contributed by atoms with Crippen LogP contribution in [0.25, 0.3) is 5.82 Å². The second kappa shape index (κ2) is 9.29. The summed E-state index contributed by atoms with van der Waals surface area (Å²) < 4.78 is 79.9. The summed E-state index contributed by atoms with van der Waals surface area (Å²) in [6.45, 7) is 5.93. The van der Waals surface area contributed by atoms with Gasteiger partial charge in [0.15, 0.2) is 20.7 Å². The first-order valence-corrected chi connectivity index (χ1v) is 12.4. The fraction of sp³-hybridized carbons (Fsp3) is 0.444.